The minimum atomic E-state index is -0.304. The Labute approximate surface area is 819 Å². The van der Waals surface area contributed by atoms with Crippen LogP contribution >= 0.6 is 34.5 Å². The second-order valence-electron chi connectivity index (χ2n) is 31.7. The van der Waals surface area contributed by atoms with Gasteiger partial charge in [-0.15, -0.1) is 11.3 Å². The lowest BCUT2D eigenvalue weighted by Crippen LogP contribution is -2.12. The van der Waals surface area contributed by atoms with Crippen LogP contribution in [0.25, 0.3) is 98.9 Å². The third-order valence-electron chi connectivity index (χ3n) is 21.5. The fraction of sp³-hybridized carbons (Fsp3) is 0.00901. The molecule has 0 saturated heterocycles. The number of aromatic hydroxyl groups is 6. The third kappa shape index (κ3) is 26.0. The number of H-pyrrole nitrogens is 5. The molecule has 0 aliphatic heterocycles. The van der Waals surface area contributed by atoms with Gasteiger partial charge in [0.25, 0.3) is 35.4 Å². The van der Waals surface area contributed by atoms with Crippen LogP contribution in [-0.2, 0) is 0 Å². The van der Waals surface area contributed by atoms with Gasteiger partial charge in [-0.2, -0.15) is 20.4 Å². The number of anilines is 6. The quantitative estimate of drug-likeness (QED) is 0.0355. The number of thiophene rings is 1. The van der Waals surface area contributed by atoms with Gasteiger partial charge in [-0.1, -0.05) is 186 Å². The minimum Gasteiger partial charge on any atom is -0.508 e. The summed E-state index contributed by atoms with van der Waals surface area (Å²) >= 11 is 13.1. The van der Waals surface area contributed by atoms with E-state index in [0.717, 1.165) is 88.0 Å². The maximum Gasteiger partial charge on any atom is 0.273 e. The van der Waals surface area contributed by atoms with Gasteiger partial charge >= 0.3 is 0 Å². The summed E-state index contributed by atoms with van der Waals surface area (Å²) in [6.07, 6.45) is 1.75. The molecule has 0 unspecified atom stereocenters. The zero-order valence-corrected chi connectivity index (χ0v) is 76.9. The number of nitrogens with one attached hydrogen (secondary N) is 11. The van der Waals surface area contributed by atoms with Crippen LogP contribution < -0.4 is 31.9 Å². The highest BCUT2D eigenvalue weighted by atomic mass is 35.5. The van der Waals surface area contributed by atoms with E-state index in [1.54, 1.807) is 219 Å². The maximum atomic E-state index is 12.4. The zero-order valence-electron chi connectivity index (χ0n) is 74.6. The topological polar surface area (TPSA) is 426 Å². The van der Waals surface area contributed by atoms with E-state index in [2.05, 4.69) is 108 Å². The molecule has 21 rings (SSSR count). The number of halogens is 2. The molecule has 30 heteroatoms. The first-order chi connectivity index (χ1) is 68.4. The van der Waals surface area contributed by atoms with Crippen molar-refractivity contribution in [2.75, 3.05) is 31.9 Å². The van der Waals surface area contributed by atoms with Gasteiger partial charge in [0.15, 0.2) is 0 Å². The van der Waals surface area contributed by atoms with Gasteiger partial charge in [-0.05, 0) is 286 Å². The van der Waals surface area contributed by atoms with Crippen molar-refractivity contribution in [2.24, 2.45) is 0 Å². The van der Waals surface area contributed by atoms with E-state index >= 15 is 0 Å². The number of aromatic amines is 5. The van der Waals surface area contributed by atoms with E-state index < -0.39 is 0 Å². The monoisotopic (exact) mass is 1920 g/mol. The number of hydrogen-bond donors (Lipinski definition) is 17. The van der Waals surface area contributed by atoms with Crippen molar-refractivity contribution < 1.29 is 59.4 Å². The van der Waals surface area contributed by atoms with Crippen LogP contribution in [0, 0.1) is 6.92 Å². The Balaban J connectivity index is 0.000000122. The Hall–Kier alpha value is -18.9. The first-order valence-electron chi connectivity index (χ1n) is 43.6. The molecule has 696 valence electrons. The Morgan fingerprint density at radius 1 is 0.248 bits per heavy atom. The second kappa shape index (κ2) is 45.0. The average molecular weight is 1920 g/mol. The van der Waals surface area contributed by atoms with E-state index in [0.29, 0.717) is 83.2 Å². The molecule has 15 aromatic carbocycles. The van der Waals surface area contributed by atoms with Crippen molar-refractivity contribution in [1.82, 2.24) is 45.8 Å². The molecule has 21 aromatic rings. The lowest BCUT2D eigenvalue weighted by Gasteiger charge is -2.05. The molecule has 0 spiro atoms. The van der Waals surface area contributed by atoms with Gasteiger partial charge in [-0.25, -0.2) is 0 Å². The number of nitrogens with zero attached hydrogens (tertiary/aromatic N) is 4. The Bertz CT molecular complexity index is 7870. The fourth-order valence-electron chi connectivity index (χ4n) is 14.2. The Morgan fingerprint density at radius 3 is 0.957 bits per heavy atom. The van der Waals surface area contributed by atoms with Crippen LogP contribution in [0.4, 0.5) is 34.1 Å². The predicted octanol–water partition coefficient (Wildman–Crippen LogP) is 25.2. The fourth-order valence-corrected chi connectivity index (χ4v) is 15.4. The number of amides is 6. The molecule has 141 heavy (non-hydrogen) atoms. The number of carbonyl (C=O) groups excluding carboxylic acids is 6. The van der Waals surface area contributed by atoms with E-state index in [-0.39, 0.29) is 69.9 Å². The first-order valence-corrected chi connectivity index (χ1v) is 45.2. The van der Waals surface area contributed by atoms with Crippen molar-refractivity contribution in [1.29, 1.82) is 0 Å². The molecule has 0 fully saturated rings. The highest BCUT2D eigenvalue weighted by molar-refractivity contribution is 7.17. The van der Waals surface area contributed by atoms with Crippen LogP contribution in [0.15, 0.2) is 394 Å². The normalized spacial score (nSPS) is 10.6. The lowest BCUT2D eigenvalue weighted by molar-refractivity contribution is 0.101. The van der Waals surface area contributed by atoms with E-state index in [1.165, 1.54) is 22.1 Å². The average Bonchev–Trinajstić information content (AvgIpc) is 1.79. The molecule has 0 saturated carbocycles. The van der Waals surface area contributed by atoms with Gasteiger partial charge in [0.1, 0.15) is 63.0 Å². The number of phenols is 6. The molecule has 0 aliphatic carbocycles. The molecule has 6 heterocycles. The van der Waals surface area contributed by atoms with E-state index in [1.807, 2.05) is 153 Å². The lowest BCUT2D eigenvalue weighted by atomic mass is 10.1. The summed E-state index contributed by atoms with van der Waals surface area (Å²) in [5, 5.41) is 109. The summed E-state index contributed by atoms with van der Waals surface area (Å²) in [6.45, 7) is 1.99. The third-order valence-corrected chi connectivity index (χ3v) is 23.2. The smallest absolute Gasteiger partial charge is 0.273 e. The first kappa shape index (κ1) is 95.3. The van der Waals surface area contributed by atoms with Gasteiger partial charge in [0.2, 0.25) is 0 Å². The molecule has 0 atom stereocenters. The number of aromatic nitrogens is 9. The summed E-state index contributed by atoms with van der Waals surface area (Å²) in [7, 11) is 0. The molecular formula is C111H85Cl2N15O12S. The second-order valence-corrected chi connectivity index (χ2v) is 33.7. The molecule has 6 aromatic heterocycles. The number of rotatable bonds is 18. The minimum absolute atomic E-state index is 0.146. The summed E-state index contributed by atoms with van der Waals surface area (Å²) in [5.41, 5.74) is 15.5. The van der Waals surface area contributed by atoms with Crippen molar-refractivity contribution in [3.05, 3.63) is 443 Å². The van der Waals surface area contributed by atoms with Crippen molar-refractivity contribution in [3.63, 3.8) is 0 Å². The standard InChI is InChI=1S/C21H15NO2S.2C20H15N3O2.C17H13ClN2O2.C17H15N3O2.C16H12ClN3O2/c23-18-9-7-17(8-10-18)22-21(24)20-12-11-19(25-20)16-6-5-14-3-1-2-4-15(14)13-16;24-17-7-3-6-15(11-17)18-12-19(23-22-18)20(25)21-16-9-8-13-4-1-2-5-14(13)10-16;24-17-9-6-14(7-10-17)18-12-19(23-22-18)20(25)21-16-8-5-13-3-1-2-4-15(13)11-16;18-13-3-5-14(6-4-13)20-17(22)16-9-12(10-19-16)11-1-7-15(21)8-2-11;1-11-5-7-13(8-6-11)18-17(22)16-10-15(19-20-16)12-3-2-4-14(21)9-12;17-11-4-6-12(7-5-11)18-16(22)15-9-14(19-20-15)10-2-1-3-13(21)8-10/h1-13,23H,(H,22,24);2*1-12,24H,(H,21,25)(H,22,23);1-10,19,21H,(H,20,22);2-10,21H,1H3,(H,18,22)(H,19,20);1-9,21H,(H,18,22)(H,19,20). The summed E-state index contributed by atoms with van der Waals surface area (Å²) in [6, 6.07) is 116. The van der Waals surface area contributed by atoms with E-state index in [4.69, 9.17) is 23.2 Å². The van der Waals surface area contributed by atoms with Gasteiger partial charge in [0.05, 0.1) is 27.7 Å². The number of hydrogen-bond acceptors (Lipinski definition) is 17. The van der Waals surface area contributed by atoms with Gasteiger partial charge in [-0.3, -0.25) is 49.2 Å². The summed E-state index contributed by atoms with van der Waals surface area (Å²) < 4.78 is 0. The van der Waals surface area contributed by atoms with Crippen molar-refractivity contribution >= 4 is 136 Å². The van der Waals surface area contributed by atoms with Crippen LogP contribution in [0.2, 0.25) is 10.0 Å². The number of benzene rings is 15. The van der Waals surface area contributed by atoms with Gasteiger partial charge in [0, 0.05) is 77.5 Å². The van der Waals surface area contributed by atoms with Crippen LogP contribution in [0.3, 0.4) is 0 Å². The number of phenolic OH excluding ortho intramolecular Hbond substituents is 6. The number of aryl methyl sites for hydroxylation is 1. The number of carbonyl (C=O) groups is 6. The molecular weight excluding hydrogens is 1840 g/mol. The van der Waals surface area contributed by atoms with Crippen molar-refractivity contribution in [3.8, 4) is 101 Å². The molecule has 6 amide bonds. The summed E-state index contributed by atoms with van der Waals surface area (Å²) in [5.74, 6) is -0.441. The van der Waals surface area contributed by atoms with Crippen LogP contribution in [0.5, 0.6) is 34.5 Å². The van der Waals surface area contributed by atoms with Crippen LogP contribution in [0.1, 0.15) is 67.7 Å². The van der Waals surface area contributed by atoms with Crippen LogP contribution in [-0.4, -0.2) is 112 Å². The molecule has 27 nitrogen and oxygen atoms in total. The molecule has 0 bridgehead atoms. The zero-order chi connectivity index (χ0) is 98.3. The van der Waals surface area contributed by atoms with Gasteiger partial charge < -0.3 is 67.5 Å². The SMILES string of the molecule is Cc1ccc(NC(=O)c2cc(-c3cccc(O)c3)n[nH]2)cc1.O=C(Nc1ccc(Cl)cc1)c1cc(-c2ccc(O)cc2)c[nH]1.O=C(Nc1ccc(Cl)cc1)c1cc(-c2cccc(O)c2)n[nH]1.O=C(Nc1ccc(O)cc1)c1ccc(-c2ccc3ccccc3c2)s1.O=C(Nc1ccc2ccccc2c1)c1cc(-c2ccc(O)cc2)n[nH]1.O=C(Nc1ccc2ccccc2c1)c1cc(-c2cccc(O)c2)n[nH]1. The predicted molar refractivity (Wildman–Crippen MR) is 556 cm³/mol. The largest absolute Gasteiger partial charge is 0.508 e. The Morgan fingerprint density at radius 2 is 0.560 bits per heavy atom. The highest BCUT2D eigenvalue weighted by Gasteiger charge is 2.20. The summed E-state index contributed by atoms with van der Waals surface area (Å²) in [4.78, 5) is 78.4. The molecule has 0 radical (unpaired) electrons. The number of fused-ring (bicyclic) bond motifs is 3. The molecule has 17 N–H and O–H groups in total. The van der Waals surface area contributed by atoms with Crippen molar-refractivity contribution in [2.45, 2.75) is 6.92 Å². The molecule has 0 aliphatic rings. The Kier molecular flexibility index (Phi) is 30.4. The van der Waals surface area contributed by atoms with E-state index in [9.17, 15) is 59.4 Å². The highest BCUT2D eigenvalue weighted by Crippen LogP contribution is 2.35. The maximum absolute atomic E-state index is 12.4.